The SMILES string of the molecule is CC1CC(NC2CC(=O)N(C(C)C)C2=O)C1. The number of carbonyl (C=O) groups is 2. The molecular formula is C12H20N2O2. The molecule has 1 heterocycles. The van der Waals surface area contributed by atoms with Crippen LogP contribution in [0.1, 0.15) is 40.0 Å². The number of nitrogens with zero attached hydrogens (tertiary/aromatic N) is 1. The molecule has 1 saturated heterocycles. The van der Waals surface area contributed by atoms with E-state index in [-0.39, 0.29) is 23.9 Å². The van der Waals surface area contributed by atoms with Crippen LogP contribution in [0, 0.1) is 5.92 Å². The predicted molar refractivity (Wildman–Crippen MR) is 60.7 cm³/mol. The Morgan fingerprint density at radius 2 is 1.94 bits per heavy atom. The van der Waals surface area contributed by atoms with Crippen LogP contribution in [-0.4, -0.2) is 34.8 Å². The van der Waals surface area contributed by atoms with Gasteiger partial charge in [0.2, 0.25) is 11.8 Å². The summed E-state index contributed by atoms with van der Waals surface area (Å²) in [4.78, 5) is 25.0. The zero-order valence-corrected chi connectivity index (χ0v) is 10.2. The van der Waals surface area contributed by atoms with E-state index in [1.165, 1.54) is 4.90 Å². The summed E-state index contributed by atoms with van der Waals surface area (Å²) >= 11 is 0. The van der Waals surface area contributed by atoms with E-state index >= 15 is 0 Å². The van der Waals surface area contributed by atoms with Gasteiger partial charge in [-0.05, 0) is 32.6 Å². The monoisotopic (exact) mass is 224 g/mol. The summed E-state index contributed by atoms with van der Waals surface area (Å²) in [5, 5.41) is 3.30. The van der Waals surface area contributed by atoms with Crippen molar-refractivity contribution in [2.45, 2.75) is 58.2 Å². The molecule has 90 valence electrons. The molecule has 1 aliphatic heterocycles. The van der Waals surface area contributed by atoms with E-state index in [2.05, 4.69) is 12.2 Å². The normalized spacial score (nSPS) is 34.8. The summed E-state index contributed by atoms with van der Waals surface area (Å²) in [6.45, 7) is 5.97. The molecule has 2 rings (SSSR count). The van der Waals surface area contributed by atoms with Gasteiger partial charge >= 0.3 is 0 Å². The third-order valence-electron chi connectivity index (χ3n) is 3.51. The number of imide groups is 1. The van der Waals surface area contributed by atoms with Crippen molar-refractivity contribution in [2.24, 2.45) is 5.92 Å². The first kappa shape index (κ1) is 11.6. The quantitative estimate of drug-likeness (QED) is 0.725. The van der Waals surface area contributed by atoms with Crippen LogP contribution in [-0.2, 0) is 9.59 Å². The number of nitrogens with one attached hydrogen (secondary N) is 1. The summed E-state index contributed by atoms with van der Waals surface area (Å²) in [6, 6.07) is 0.142. The molecule has 4 heteroatoms. The number of likely N-dealkylation sites (tertiary alicyclic amines) is 1. The van der Waals surface area contributed by atoms with Crippen LogP contribution in [0.4, 0.5) is 0 Å². The van der Waals surface area contributed by atoms with Crippen LogP contribution in [0.5, 0.6) is 0 Å². The van der Waals surface area contributed by atoms with Crippen molar-refractivity contribution in [3.05, 3.63) is 0 Å². The van der Waals surface area contributed by atoms with Gasteiger partial charge in [0, 0.05) is 12.1 Å². The standard InChI is InChI=1S/C12H20N2O2/c1-7(2)14-11(15)6-10(12(14)16)13-9-4-8(3)5-9/h7-10,13H,4-6H2,1-3H3. The number of carbonyl (C=O) groups excluding carboxylic acids is 2. The van der Waals surface area contributed by atoms with Crippen molar-refractivity contribution < 1.29 is 9.59 Å². The number of hydrogen-bond donors (Lipinski definition) is 1. The lowest BCUT2D eigenvalue weighted by molar-refractivity contribution is -0.140. The first-order valence-corrected chi connectivity index (χ1v) is 6.11. The molecule has 0 bridgehead atoms. The van der Waals surface area contributed by atoms with Crippen LogP contribution in [0.3, 0.4) is 0 Å². The zero-order chi connectivity index (χ0) is 11.9. The lowest BCUT2D eigenvalue weighted by Crippen LogP contribution is -2.49. The van der Waals surface area contributed by atoms with Gasteiger partial charge < -0.3 is 5.32 Å². The van der Waals surface area contributed by atoms with Crippen molar-refractivity contribution in [1.82, 2.24) is 10.2 Å². The molecule has 1 atom stereocenters. The highest BCUT2D eigenvalue weighted by Crippen LogP contribution is 2.28. The second-order valence-electron chi connectivity index (χ2n) is 5.39. The van der Waals surface area contributed by atoms with Crippen LogP contribution < -0.4 is 5.32 Å². The average Bonchev–Trinajstić information content (AvgIpc) is 2.39. The van der Waals surface area contributed by atoms with Crippen LogP contribution in [0.25, 0.3) is 0 Å². The van der Waals surface area contributed by atoms with Gasteiger partial charge in [0.25, 0.3) is 0 Å². The fourth-order valence-corrected chi connectivity index (χ4v) is 2.65. The molecule has 0 aromatic rings. The summed E-state index contributed by atoms with van der Waals surface area (Å²) in [5.41, 5.74) is 0. The van der Waals surface area contributed by atoms with E-state index in [0.717, 1.165) is 18.8 Å². The van der Waals surface area contributed by atoms with Gasteiger partial charge in [0.1, 0.15) is 0 Å². The highest BCUT2D eigenvalue weighted by Gasteiger charge is 2.41. The maximum Gasteiger partial charge on any atom is 0.247 e. The third-order valence-corrected chi connectivity index (χ3v) is 3.51. The average molecular weight is 224 g/mol. The van der Waals surface area contributed by atoms with Crippen molar-refractivity contribution in [1.29, 1.82) is 0 Å². The van der Waals surface area contributed by atoms with E-state index in [1.54, 1.807) is 0 Å². The Morgan fingerprint density at radius 3 is 2.38 bits per heavy atom. The van der Waals surface area contributed by atoms with Crippen LogP contribution in [0.2, 0.25) is 0 Å². The predicted octanol–water partition coefficient (Wildman–Crippen LogP) is 0.910. The maximum atomic E-state index is 12.0. The smallest absolute Gasteiger partial charge is 0.247 e. The maximum absolute atomic E-state index is 12.0. The Morgan fingerprint density at radius 1 is 1.31 bits per heavy atom. The summed E-state index contributed by atoms with van der Waals surface area (Å²) in [7, 11) is 0. The van der Waals surface area contributed by atoms with Crippen molar-refractivity contribution >= 4 is 11.8 Å². The van der Waals surface area contributed by atoms with Crippen molar-refractivity contribution in [3.8, 4) is 0 Å². The first-order valence-electron chi connectivity index (χ1n) is 6.11. The Hall–Kier alpha value is -0.900. The minimum Gasteiger partial charge on any atom is -0.303 e. The fraction of sp³-hybridized carbons (Fsp3) is 0.833. The molecule has 2 fully saturated rings. The molecule has 2 aliphatic rings. The Balaban J connectivity index is 1.93. The summed E-state index contributed by atoms with van der Waals surface area (Å²) in [6.07, 6.45) is 2.58. The van der Waals surface area contributed by atoms with Gasteiger partial charge in [0.05, 0.1) is 12.5 Å². The van der Waals surface area contributed by atoms with E-state index < -0.39 is 0 Å². The van der Waals surface area contributed by atoms with Crippen LogP contribution in [0.15, 0.2) is 0 Å². The molecule has 1 saturated carbocycles. The number of hydrogen-bond acceptors (Lipinski definition) is 3. The number of rotatable bonds is 3. The molecule has 1 unspecified atom stereocenters. The molecule has 4 nitrogen and oxygen atoms in total. The van der Waals surface area contributed by atoms with Crippen molar-refractivity contribution in [2.75, 3.05) is 0 Å². The first-order chi connectivity index (χ1) is 7.49. The van der Waals surface area contributed by atoms with Gasteiger partial charge in [-0.3, -0.25) is 14.5 Å². The molecule has 16 heavy (non-hydrogen) atoms. The molecule has 0 aromatic heterocycles. The summed E-state index contributed by atoms with van der Waals surface area (Å²) < 4.78 is 0. The molecule has 1 aliphatic carbocycles. The fourth-order valence-electron chi connectivity index (χ4n) is 2.65. The van der Waals surface area contributed by atoms with E-state index in [9.17, 15) is 9.59 Å². The van der Waals surface area contributed by atoms with E-state index in [1.807, 2.05) is 13.8 Å². The van der Waals surface area contributed by atoms with Gasteiger partial charge in [-0.1, -0.05) is 6.92 Å². The van der Waals surface area contributed by atoms with Gasteiger partial charge in [0.15, 0.2) is 0 Å². The molecule has 0 radical (unpaired) electrons. The molecular weight excluding hydrogens is 204 g/mol. The van der Waals surface area contributed by atoms with Gasteiger partial charge in [-0.2, -0.15) is 0 Å². The Labute approximate surface area is 96.4 Å². The minimum absolute atomic E-state index is 0.0212. The molecule has 1 N–H and O–H groups in total. The molecule has 0 aromatic carbocycles. The van der Waals surface area contributed by atoms with Gasteiger partial charge in [-0.15, -0.1) is 0 Å². The zero-order valence-electron chi connectivity index (χ0n) is 10.2. The topological polar surface area (TPSA) is 49.4 Å². The van der Waals surface area contributed by atoms with Crippen molar-refractivity contribution in [3.63, 3.8) is 0 Å². The van der Waals surface area contributed by atoms with Crippen LogP contribution >= 0.6 is 0 Å². The highest BCUT2D eigenvalue weighted by atomic mass is 16.2. The Bertz CT molecular complexity index is 308. The summed E-state index contributed by atoms with van der Waals surface area (Å²) in [5.74, 6) is 0.676. The molecule has 2 amide bonds. The lowest BCUT2D eigenvalue weighted by atomic mass is 9.81. The third kappa shape index (κ3) is 1.98. The second kappa shape index (κ2) is 4.17. The number of amides is 2. The second-order valence-corrected chi connectivity index (χ2v) is 5.39. The highest BCUT2D eigenvalue weighted by molar-refractivity contribution is 6.05. The largest absolute Gasteiger partial charge is 0.303 e. The van der Waals surface area contributed by atoms with E-state index in [0.29, 0.717) is 12.5 Å². The lowest BCUT2D eigenvalue weighted by Gasteiger charge is -2.35. The molecule has 0 spiro atoms. The Kier molecular flexibility index (Phi) is 3.02. The minimum atomic E-state index is -0.271. The van der Waals surface area contributed by atoms with E-state index in [4.69, 9.17) is 0 Å². The van der Waals surface area contributed by atoms with Gasteiger partial charge in [-0.25, -0.2) is 0 Å².